The highest BCUT2D eigenvalue weighted by Gasteiger charge is 2.17. The van der Waals surface area contributed by atoms with Crippen LogP contribution < -0.4 is 5.32 Å². The maximum Gasteiger partial charge on any atom is 0.173 e. The Labute approximate surface area is 168 Å². The monoisotopic (exact) mass is 401 g/mol. The van der Waals surface area contributed by atoms with Crippen molar-refractivity contribution < 1.29 is 4.39 Å². The first-order chi connectivity index (χ1) is 13.2. The van der Waals surface area contributed by atoms with E-state index in [9.17, 15) is 4.39 Å². The number of rotatable bonds is 7. The van der Waals surface area contributed by atoms with Gasteiger partial charge < -0.3 is 5.32 Å². The fraction of sp³-hybridized carbons (Fsp3) is 0.286. The third kappa shape index (κ3) is 4.37. The van der Waals surface area contributed by atoms with Crippen LogP contribution in [-0.2, 0) is 0 Å². The van der Waals surface area contributed by atoms with Crippen LogP contribution in [0.15, 0.2) is 59.9 Å². The zero-order valence-electron chi connectivity index (χ0n) is 14.9. The van der Waals surface area contributed by atoms with Crippen molar-refractivity contribution in [1.29, 1.82) is 0 Å². The number of hydrogen-bond acceptors (Lipinski definition) is 3. The molecule has 1 aliphatic rings. The van der Waals surface area contributed by atoms with Crippen LogP contribution in [0.4, 0.5) is 4.39 Å². The van der Waals surface area contributed by atoms with Crippen molar-refractivity contribution in [2.75, 3.05) is 12.3 Å². The maximum atomic E-state index is 13.3. The van der Waals surface area contributed by atoms with E-state index < -0.39 is 0 Å². The lowest BCUT2D eigenvalue weighted by atomic mass is 9.93. The molecule has 1 aliphatic carbocycles. The largest absolute Gasteiger partial charge is 0.313 e. The molecule has 0 unspecified atom stereocenters. The molecular formula is C21H21ClFN3S. The highest BCUT2D eigenvalue weighted by molar-refractivity contribution is 7.99. The molecule has 0 aliphatic heterocycles. The van der Waals surface area contributed by atoms with Gasteiger partial charge in [0.1, 0.15) is 5.82 Å². The second-order valence-corrected chi connectivity index (χ2v) is 8.17. The van der Waals surface area contributed by atoms with Crippen LogP contribution in [-0.4, -0.2) is 27.9 Å². The smallest absolute Gasteiger partial charge is 0.173 e. The molecule has 3 nitrogen and oxygen atoms in total. The van der Waals surface area contributed by atoms with Crippen LogP contribution in [0.2, 0.25) is 5.02 Å². The van der Waals surface area contributed by atoms with Crippen LogP contribution in [0.3, 0.4) is 0 Å². The molecule has 1 saturated carbocycles. The van der Waals surface area contributed by atoms with Crippen molar-refractivity contribution in [2.45, 2.75) is 30.5 Å². The van der Waals surface area contributed by atoms with Crippen molar-refractivity contribution in [3.8, 4) is 16.9 Å². The third-order valence-electron chi connectivity index (χ3n) is 4.83. The predicted molar refractivity (Wildman–Crippen MR) is 110 cm³/mol. The molecule has 27 heavy (non-hydrogen) atoms. The topological polar surface area (TPSA) is 29.9 Å². The van der Waals surface area contributed by atoms with Crippen LogP contribution in [0, 0.1) is 5.82 Å². The number of nitrogens with one attached hydrogen (secondary N) is 1. The lowest BCUT2D eigenvalue weighted by Crippen LogP contribution is -2.36. The molecule has 4 rings (SSSR count). The lowest BCUT2D eigenvalue weighted by molar-refractivity contribution is 0.347. The molecule has 1 heterocycles. The van der Waals surface area contributed by atoms with Gasteiger partial charge >= 0.3 is 0 Å². The van der Waals surface area contributed by atoms with Crippen molar-refractivity contribution in [3.05, 3.63) is 65.6 Å². The van der Waals surface area contributed by atoms with Gasteiger partial charge in [0.15, 0.2) is 5.16 Å². The van der Waals surface area contributed by atoms with Gasteiger partial charge in [-0.2, -0.15) is 0 Å². The van der Waals surface area contributed by atoms with Gasteiger partial charge in [-0.15, -0.1) is 0 Å². The van der Waals surface area contributed by atoms with Gasteiger partial charge in [-0.05, 0) is 61.4 Å². The van der Waals surface area contributed by atoms with E-state index in [1.807, 2.05) is 30.5 Å². The number of halogens is 2. The fourth-order valence-corrected chi connectivity index (χ4v) is 4.11. The van der Waals surface area contributed by atoms with Crippen LogP contribution in [0.1, 0.15) is 19.3 Å². The van der Waals surface area contributed by atoms with Crippen LogP contribution >= 0.6 is 23.4 Å². The van der Waals surface area contributed by atoms with E-state index in [-0.39, 0.29) is 5.82 Å². The SMILES string of the molecule is Fc1ccc(-c2cnc(SCCNC3CCC3)n2-c2ccc(Cl)cc2)cc1. The van der Waals surface area contributed by atoms with Gasteiger partial charge in [0.05, 0.1) is 11.9 Å². The van der Waals surface area contributed by atoms with E-state index in [2.05, 4.69) is 14.9 Å². The Bertz CT molecular complexity index is 889. The van der Waals surface area contributed by atoms with E-state index in [0.29, 0.717) is 11.1 Å². The second kappa shape index (κ2) is 8.46. The van der Waals surface area contributed by atoms with Crippen molar-refractivity contribution >= 4 is 23.4 Å². The van der Waals surface area contributed by atoms with Gasteiger partial charge in [-0.25, -0.2) is 9.37 Å². The summed E-state index contributed by atoms with van der Waals surface area (Å²) in [6, 6.07) is 14.9. The number of aromatic nitrogens is 2. The molecule has 1 N–H and O–H groups in total. The minimum absolute atomic E-state index is 0.243. The van der Waals surface area contributed by atoms with E-state index >= 15 is 0 Å². The number of hydrogen-bond donors (Lipinski definition) is 1. The molecular weight excluding hydrogens is 381 g/mol. The summed E-state index contributed by atoms with van der Waals surface area (Å²) in [6.45, 7) is 0.967. The Balaban J connectivity index is 1.59. The van der Waals surface area contributed by atoms with Gasteiger partial charge in [0.2, 0.25) is 0 Å². The Hall–Kier alpha value is -1.82. The molecule has 1 fully saturated rings. The summed E-state index contributed by atoms with van der Waals surface area (Å²) in [5, 5.41) is 5.20. The molecule has 0 saturated heterocycles. The summed E-state index contributed by atoms with van der Waals surface area (Å²) in [5.41, 5.74) is 2.86. The fourth-order valence-electron chi connectivity index (χ4n) is 3.12. The molecule has 3 aromatic rings. The zero-order chi connectivity index (χ0) is 18.6. The summed E-state index contributed by atoms with van der Waals surface area (Å²) < 4.78 is 15.4. The van der Waals surface area contributed by atoms with E-state index in [1.54, 1.807) is 23.9 Å². The van der Waals surface area contributed by atoms with Gasteiger partial charge in [0.25, 0.3) is 0 Å². The number of nitrogens with zero attached hydrogens (tertiary/aromatic N) is 2. The quantitative estimate of drug-likeness (QED) is 0.415. The van der Waals surface area contributed by atoms with Crippen LogP contribution in [0.5, 0.6) is 0 Å². The van der Waals surface area contributed by atoms with Crippen LogP contribution in [0.25, 0.3) is 16.9 Å². The summed E-state index contributed by atoms with van der Waals surface area (Å²) in [4.78, 5) is 4.64. The van der Waals surface area contributed by atoms with Crippen molar-refractivity contribution in [1.82, 2.24) is 14.9 Å². The Morgan fingerprint density at radius 3 is 2.52 bits per heavy atom. The van der Waals surface area contributed by atoms with E-state index in [0.717, 1.165) is 34.4 Å². The molecule has 0 radical (unpaired) electrons. The zero-order valence-corrected chi connectivity index (χ0v) is 16.4. The first-order valence-corrected chi connectivity index (χ1v) is 10.5. The number of imidazole rings is 1. The normalized spacial score (nSPS) is 14.3. The Morgan fingerprint density at radius 1 is 1.11 bits per heavy atom. The molecule has 2 aromatic carbocycles. The Morgan fingerprint density at radius 2 is 1.85 bits per heavy atom. The van der Waals surface area contributed by atoms with Gasteiger partial charge in [0, 0.05) is 34.6 Å². The van der Waals surface area contributed by atoms with Crippen molar-refractivity contribution in [3.63, 3.8) is 0 Å². The highest BCUT2D eigenvalue weighted by Crippen LogP contribution is 2.30. The third-order valence-corrected chi connectivity index (χ3v) is 6.03. The minimum atomic E-state index is -0.243. The van der Waals surface area contributed by atoms with E-state index in [4.69, 9.17) is 11.6 Å². The molecule has 0 bridgehead atoms. The summed E-state index contributed by atoms with van der Waals surface area (Å²) >= 11 is 7.78. The molecule has 0 amide bonds. The average molecular weight is 402 g/mol. The first-order valence-electron chi connectivity index (χ1n) is 9.16. The van der Waals surface area contributed by atoms with Gasteiger partial charge in [-0.3, -0.25) is 4.57 Å². The molecule has 140 valence electrons. The predicted octanol–water partition coefficient (Wildman–Crippen LogP) is 5.57. The summed E-state index contributed by atoms with van der Waals surface area (Å²) in [6.07, 6.45) is 5.77. The number of thioether (sulfide) groups is 1. The Kier molecular flexibility index (Phi) is 5.81. The summed E-state index contributed by atoms with van der Waals surface area (Å²) in [7, 11) is 0. The maximum absolute atomic E-state index is 13.3. The molecule has 0 atom stereocenters. The lowest BCUT2D eigenvalue weighted by Gasteiger charge is -2.26. The van der Waals surface area contributed by atoms with Gasteiger partial charge in [-0.1, -0.05) is 29.8 Å². The minimum Gasteiger partial charge on any atom is -0.313 e. The molecule has 6 heteroatoms. The standard InChI is InChI=1S/C21H21ClFN3S/c22-16-6-10-19(11-7-16)26-20(15-4-8-17(23)9-5-15)14-25-21(26)27-13-12-24-18-2-1-3-18/h4-11,14,18,24H,1-3,12-13H2. The van der Waals surface area contributed by atoms with Crippen molar-refractivity contribution in [2.24, 2.45) is 0 Å². The van der Waals surface area contributed by atoms with E-state index in [1.165, 1.54) is 31.4 Å². The highest BCUT2D eigenvalue weighted by atomic mass is 35.5. The molecule has 0 spiro atoms. The first kappa shape index (κ1) is 18.5. The second-order valence-electron chi connectivity index (χ2n) is 6.68. The number of benzene rings is 2. The molecule has 1 aromatic heterocycles. The summed E-state index contributed by atoms with van der Waals surface area (Å²) in [5.74, 6) is 0.706. The average Bonchev–Trinajstić information content (AvgIpc) is 3.05.